The van der Waals surface area contributed by atoms with Crippen molar-refractivity contribution in [1.29, 1.82) is 0 Å². The fourth-order valence-electron chi connectivity index (χ4n) is 2.44. The van der Waals surface area contributed by atoms with Crippen LogP contribution in [-0.4, -0.2) is 18.1 Å². The number of rotatable bonds is 4. The van der Waals surface area contributed by atoms with Crippen LogP contribution in [0.3, 0.4) is 0 Å². The molecule has 2 aromatic rings. The molecule has 0 aliphatic carbocycles. The van der Waals surface area contributed by atoms with Gasteiger partial charge in [0.1, 0.15) is 5.82 Å². The first-order valence-electron chi connectivity index (χ1n) is 6.99. The van der Waals surface area contributed by atoms with E-state index in [9.17, 15) is 0 Å². The fourth-order valence-corrected chi connectivity index (χ4v) is 3.65. The predicted molar refractivity (Wildman–Crippen MR) is 89.6 cm³/mol. The lowest BCUT2D eigenvalue weighted by atomic mass is 10.1. The zero-order valence-electron chi connectivity index (χ0n) is 11.3. The van der Waals surface area contributed by atoms with E-state index in [1.54, 1.807) is 11.3 Å². The molecule has 0 unspecified atom stereocenters. The van der Waals surface area contributed by atoms with Crippen LogP contribution in [0.5, 0.6) is 0 Å². The van der Waals surface area contributed by atoms with Crippen molar-refractivity contribution in [2.24, 2.45) is 0 Å². The molecule has 106 valence electrons. The lowest BCUT2D eigenvalue weighted by Gasteiger charge is -2.27. The summed E-state index contributed by atoms with van der Waals surface area (Å²) < 4.78 is 1.17. The van der Waals surface area contributed by atoms with Gasteiger partial charge in [0.2, 0.25) is 0 Å². The minimum Gasteiger partial charge on any atom is -0.380 e. The number of halogens is 1. The average molecular weight is 352 g/mol. The van der Waals surface area contributed by atoms with Gasteiger partial charge >= 0.3 is 0 Å². The fraction of sp³-hybridized carbons (Fsp3) is 0.400. The Labute approximate surface area is 132 Å². The van der Waals surface area contributed by atoms with Crippen LogP contribution in [-0.2, 0) is 6.54 Å². The molecule has 0 saturated carbocycles. The van der Waals surface area contributed by atoms with Crippen LogP contribution in [0.2, 0.25) is 0 Å². The Balaban J connectivity index is 1.58. The van der Waals surface area contributed by atoms with Crippen LogP contribution < -0.4 is 10.2 Å². The van der Waals surface area contributed by atoms with E-state index < -0.39 is 0 Å². The standard InChI is InChI=1S/C15H18BrN3S/c16-14-8-12(11-20-14)9-17-13-4-5-15(18-10-13)19-6-2-1-3-7-19/h4-5,8,10-11,17H,1-3,6-7,9H2. The number of anilines is 2. The average Bonchev–Trinajstić information content (AvgIpc) is 2.92. The topological polar surface area (TPSA) is 28.2 Å². The predicted octanol–water partition coefficient (Wildman–Crippen LogP) is 4.51. The Kier molecular flexibility index (Phi) is 4.58. The molecule has 3 nitrogen and oxygen atoms in total. The summed E-state index contributed by atoms with van der Waals surface area (Å²) in [6, 6.07) is 6.39. The Bertz CT molecular complexity index is 547. The van der Waals surface area contributed by atoms with Crippen molar-refractivity contribution in [2.75, 3.05) is 23.3 Å². The van der Waals surface area contributed by atoms with Gasteiger partial charge < -0.3 is 10.2 Å². The number of hydrogen-bond acceptors (Lipinski definition) is 4. The van der Waals surface area contributed by atoms with Gasteiger partial charge in [-0.3, -0.25) is 0 Å². The van der Waals surface area contributed by atoms with E-state index >= 15 is 0 Å². The summed E-state index contributed by atoms with van der Waals surface area (Å²) in [5.74, 6) is 1.11. The van der Waals surface area contributed by atoms with E-state index in [1.165, 1.54) is 28.6 Å². The number of aromatic nitrogens is 1. The first-order chi connectivity index (χ1) is 9.81. The van der Waals surface area contributed by atoms with Crippen LogP contribution in [0.1, 0.15) is 24.8 Å². The minimum atomic E-state index is 0.840. The molecule has 20 heavy (non-hydrogen) atoms. The Morgan fingerprint density at radius 1 is 1.25 bits per heavy atom. The normalized spacial score (nSPS) is 15.3. The Hall–Kier alpha value is -1.07. The summed E-state index contributed by atoms with van der Waals surface area (Å²) >= 11 is 5.20. The molecule has 0 bridgehead atoms. The third-order valence-corrected chi connectivity index (χ3v) is 5.10. The number of pyridine rings is 1. The second-order valence-electron chi connectivity index (χ2n) is 5.07. The molecule has 0 radical (unpaired) electrons. The van der Waals surface area contributed by atoms with Gasteiger partial charge in [0, 0.05) is 19.6 Å². The van der Waals surface area contributed by atoms with Gasteiger partial charge in [-0.15, -0.1) is 11.3 Å². The molecule has 0 amide bonds. The maximum Gasteiger partial charge on any atom is 0.128 e. The maximum atomic E-state index is 4.58. The van der Waals surface area contributed by atoms with Crippen molar-refractivity contribution in [3.8, 4) is 0 Å². The highest BCUT2D eigenvalue weighted by atomic mass is 79.9. The quantitative estimate of drug-likeness (QED) is 0.878. The zero-order valence-corrected chi connectivity index (χ0v) is 13.7. The van der Waals surface area contributed by atoms with Crippen molar-refractivity contribution in [3.63, 3.8) is 0 Å². The minimum absolute atomic E-state index is 0.840. The van der Waals surface area contributed by atoms with Gasteiger partial charge in [-0.05, 0) is 64.3 Å². The highest BCUT2D eigenvalue weighted by Gasteiger charge is 2.11. The molecule has 0 spiro atoms. The number of hydrogen-bond donors (Lipinski definition) is 1. The van der Waals surface area contributed by atoms with Crippen LogP contribution in [0.15, 0.2) is 33.6 Å². The van der Waals surface area contributed by atoms with Crippen molar-refractivity contribution in [3.05, 3.63) is 39.1 Å². The number of nitrogens with zero attached hydrogens (tertiary/aromatic N) is 2. The molecular weight excluding hydrogens is 334 g/mol. The van der Waals surface area contributed by atoms with E-state index in [0.717, 1.165) is 31.1 Å². The molecule has 5 heteroatoms. The Morgan fingerprint density at radius 2 is 2.10 bits per heavy atom. The molecule has 1 fully saturated rings. The Morgan fingerprint density at radius 3 is 2.75 bits per heavy atom. The summed E-state index contributed by atoms with van der Waals surface area (Å²) in [4.78, 5) is 6.95. The number of thiophene rings is 1. The highest BCUT2D eigenvalue weighted by Crippen LogP contribution is 2.22. The van der Waals surface area contributed by atoms with Crippen molar-refractivity contribution in [2.45, 2.75) is 25.8 Å². The summed E-state index contributed by atoms with van der Waals surface area (Å²) in [5.41, 5.74) is 2.37. The molecule has 1 N–H and O–H groups in total. The van der Waals surface area contributed by atoms with Gasteiger partial charge in [0.05, 0.1) is 15.7 Å². The summed E-state index contributed by atoms with van der Waals surface area (Å²) in [5, 5.41) is 5.57. The monoisotopic (exact) mass is 351 g/mol. The van der Waals surface area contributed by atoms with E-state index in [4.69, 9.17) is 0 Å². The zero-order chi connectivity index (χ0) is 13.8. The highest BCUT2D eigenvalue weighted by molar-refractivity contribution is 9.11. The van der Waals surface area contributed by atoms with Crippen LogP contribution in [0, 0.1) is 0 Å². The van der Waals surface area contributed by atoms with Gasteiger partial charge in [0.25, 0.3) is 0 Å². The van der Waals surface area contributed by atoms with Gasteiger partial charge in [-0.25, -0.2) is 4.98 Å². The molecule has 1 aliphatic rings. The lowest BCUT2D eigenvalue weighted by molar-refractivity contribution is 0.573. The molecule has 0 aromatic carbocycles. The van der Waals surface area contributed by atoms with E-state index in [2.05, 4.69) is 54.7 Å². The number of nitrogens with one attached hydrogen (secondary N) is 1. The van der Waals surface area contributed by atoms with Crippen molar-refractivity contribution >= 4 is 38.8 Å². The molecule has 1 aliphatic heterocycles. The largest absolute Gasteiger partial charge is 0.380 e. The van der Waals surface area contributed by atoms with Gasteiger partial charge in [-0.1, -0.05) is 0 Å². The lowest BCUT2D eigenvalue weighted by Crippen LogP contribution is -2.30. The molecule has 2 aromatic heterocycles. The summed E-state index contributed by atoms with van der Waals surface area (Å²) in [6.45, 7) is 3.12. The number of piperidine rings is 1. The van der Waals surface area contributed by atoms with Crippen LogP contribution in [0.25, 0.3) is 0 Å². The molecule has 3 heterocycles. The van der Waals surface area contributed by atoms with Crippen molar-refractivity contribution in [1.82, 2.24) is 4.98 Å². The van der Waals surface area contributed by atoms with Gasteiger partial charge in [-0.2, -0.15) is 0 Å². The summed E-state index contributed by atoms with van der Waals surface area (Å²) in [7, 11) is 0. The van der Waals surface area contributed by atoms with Crippen LogP contribution >= 0.6 is 27.3 Å². The molecule has 3 rings (SSSR count). The molecular formula is C15H18BrN3S. The third kappa shape index (κ3) is 3.52. The first-order valence-corrected chi connectivity index (χ1v) is 8.66. The van der Waals surface area contributed by atoms with E-state index in [1.807, 2.05) is 6.20 Å². The molecule has 0 atom stereocenters. The first kappa shape index (κ1) is 13.9. The molecule has 1 saturated heterocycles. The van der Waals surface area contributed by atoms with E-state index in [0.29, 0.717) is 0 Å². The smallest absolute Gasteiger partial charge is 0.128 e. The third-order valence-electron chi connectivity index (χ3n) is 3.55. The van der Waals surface area contributed by atoms with Gasteiger partial charge in [0.15, 0.2) is 0 Å². The second kappa shape index (κ2) is 6.59. The van der Waals surface area contributed by atoms with E-state index in [-0.39, 0.29) is 0 Å². The SMILES string of the molecule is Brc1cc(CNc2ccc(N3CCCCC3)nc2)cs1. The maximum absolute atomic E-state index is 4.58. The second-order valence-corrected chi connectivity index (χ2v) is 7.36. The summed E-state index contributed by atoms with van der Waals surface area (Å²) in [6.07, 6.45) is 5.86. The van der Waals surface area contributed by atoms with Crippen molar-refractivity contribution < 1.29 is 0 Å². The van der Waals surface area contributed by atoms with Crippen LogP contribution in [0.4, 0.5) is 11.5 Å².